The molecule has 2 heterocycles. The van der Waals surface area contributed by atoms with Crippen LogP contribution in [0.5, 0.6) is 0 Å². The van der Waals surface area contributed by atoms with Crippen LogP contribution < -0.4 is 10.2 Å². The first-order valence-electron chi connectivity index (χ1n) is 7.73. The van der Waals surface area contributed by atoms with Crippen LogP contribution in [0.25, 0.3) is 0 Å². The van der Waals surface area contributed by atoms with Gasteiger partial charge in [-0.25, -0.2) is 14.5 Å². The van der Waals surface area contributed by atoms with Crippen molar-refractivity contribution in [1.29, 1.82) is 0 Å². The maximum Gasteiger partial charge on any atom is 0.328 e. The molecule has 3 rings (SSSR count). The van der Waals surface area contributed by atoms with E-state index in [1.807, 2.05) is 0 Å². The molecule has 0 bridgehead atoms. The van der Waals surface area contributed by atoms with Gasteiger partial charge >= 0.3 is 12.1 Å². The summed E-state index contributed by atoms with van der Waals surface area (Å²) in [6.07, 6.45) is 0. The van der Waals surface area contributed by atoms with Crippen LogP contribution in [0.2, 0.25) is 0 Å². The lowest BCUT2D eigenvalue weighted by molar-refractivity contribution is 0.161. The highest BCUT2D eigenvalue weighted by molar-refractivity contribution is 5.95. The van der Waals surface area contributed by atoms with Crippen LogP contribution in [0.4, 0.5) is 15.3 Å². The predicted molar refractivity (Wildman–Crippen MR) is 85.2 cm³/mol. The van der Waals surface area contributed by atoms with E-state index in [2.05, 4.69) is 42.3 Å². The van der Waals surface area contributed by atoms with Crippen LogP contribution in [0, 0.1) is 13.8 Å². The smallest absolute Gasteiger partial charge is 0.328 e. The highest BCUT2D eigenvalue weighted by Crippen LogP contribution is 2.23. The minimum atomic E-state index is -0.276. The third-order valence-electron chi connectivity index (χ3n) is 4.34. The van der Waals surface area contributed by atoms with Crippen molar-refractivity contribution in [2.45, 2.75) is 13.8 Å². The summed E-state index contributed by atoms with van der Waals surface area (Å²) >= 11 is 0. The summed E-state index contributed by atoms with van der Waals surface area (Å²) in [5.41, 5.74) is 3.74. The molecule has 2 aliphatic rings. The Balaban J connectivity index is 1.64. The van der Waals surface area contributed by atoms with Gasteiger partial charge in [0.05, 0.1) is 0 Å². The van der Waals surface area contributed by atoms with E-state index >= 15 is 0 Å². The molecule has 1 N–H and O–H groups in total. The Kier molecular flexibility index (Phi) is 3.92. The molecule has 0 aliphatic carbocycles. The van der Waals surface area contributed by atoms with Gasteiger partial charge < -0.3 is 15.1 Å². The van der Waals surface area contributed by atoms with E-state index in [9.17, 15) is 9.59 Å². The fourth-order valence-corrected chi connectivity index (χ4v) is 3.02. The Labute approximate surface area is 130 Å². The van der Waals surface area contributed by atoms with Crippen LogP contribution in [-0.2, 0) is 0 Å². The number of hydrogen-bond donors (Lipinski definition) is 1. The van der Waals surface area contributed by atoms with E-state index < -0.39 is 0 Å². The fourth-order valence-electron chi connectivity index (χ4n) is 3.02. The summed E-state index contributed by atoms with van der Waals surface area (Å²) in [6.45, 7) is 8.11. The summed E-state index contributed by atoms with van der Waals surface area (Å²) in [6, 6.07) is 6.00. The Hall–Kier alpha value is -2.24. The molecule has 0 radical (unpaired) electrons. The molecule has 6 heteroatoms. The number of rotatable bonds is 1. The molecule has 1 aromatic carbocycles. The highest BCUT2D eigenvalue weighted by atomic mass is 16.2. The first-order chi connectivity index (χ1) is 10.6. The molecule has 0 unspecified atom stereocenters. The number of nitrogens with one attached hydrogen (secondary N) is 1. The number of imide groups is 1. The number of benzene rings is 1. The molecule has 6 nitrogen and oxygen atoms in total. The average molecular weight is 302 g/mol. The molecule has 2 saturated heterocycles. The molecule has 2 fully saturated rings. The van der Waals surface area contributed by atoms with Crippen molar-refractivity contribution >= 4 is 17.7 Å². The lowest BCUT2D eigenvalue weighted by Crippen LogP contribution is -2.53. The fraction of sp³-hybridized carbons (Fsp3) is 0.500. The van der Waals surface area contributed by atoms with E-state index in [1.165, 1.54) is 21.7 Å². The Morgan fingerprint density at radius 1 is 1.09 bits per heavy atom. The van der Waals surface area contributed by atoms with Gasteiger partial charge in [0, 0.05) is 45.0 Å². The van der Waals surface area contributed by atoms with Crippen molar-refractivity contribution in [2.24, 2.45) is 0 Å². The number of aryl methyl sites for hydroxylation is 2. The summed E-state index contributed by atoms with van der Waals surface area (Å²) in [5, 5.41) is 2.67. The van der Waals surface area contributed by atoms with Crippen molar-refractivity contribution < 1.29 is 9.59 Å². The Morgan fingerprint density at radius 3 is 2.45 bits per heavy atom. The van der Waals surface area contributed by atoms with Crippen LogP contribution in [0.1, 0.15) is 11.1 Å². The molecule has 0 saturated carbocycles. The Morgan fingerprint density at radius 2 is 1.82 bits per heavy atom. The number of hydrogen-bond acceptors (Lipinski definition) is 3. The number of carbonyl (C=O) groups is 2. The minimum Gasteiger partial charge on any atom is -0.368 e. The number of carbonyl (C=O) groups excluding carboxylic acids is 2. The van der Waals surface area contributed by atoms with E-state index in [-0.39, 0.29) is 12.1 Å². The van der Waals surface area contributed by atoms with Crippen molar-refractivity contribution in [1.82, 2.24) is 15.1 Å². The maximum atomic E-state index is 12.3. The topological polar surface area (TPSA) is 55.9 Å². The Bertz CT molecular complexity index is 594. The zero-order valence-corrected chi connectivity index (χ0v) is 13.1. The normalized spacial score (nSPS) is 18.6. The van der Waals surface area contributed by atoms with E-state index in [1.54, 1.807) is 4.90 Å². The third kappa shape index (κ3) is 2.73. The lowest BCUT2D eigenvalue weighted by Gasteiger charge is -2.37. The zero-order valence-electron chi connectivity index (χ0n) is 13.1. The first kappa shape index (κ1) is 14.7. The summed E-state index contributed by atoms with van der Waals surface area (Å²) in [7, 11) is 0. The minimum absolute atomic E-state index is 0.171. The van der Waals surface area contributed by atoms with Gasteiger partial charge in [-0.05, 0) is 31.0 Å². The zero-order chi connectivity index (χ0) is 15.7. The van der Waals surface area contributed by atoms with Crippen molar-refractivity contribution in [3.63, 3.8) is 0 Å². The second kappa shape index (κ2) is 5.87. The third-order valence-corrected chi connectivity index (χ3v) is 4.34. The van der Waals surface area contributed by atoms with Gasteiger partial charge in [-0.1, -0.05) is 12.1 Å². The number of urea groups is 2. The second-order valence-corrected chi connectivity index (χ2v) is 5.93. The monoisotopic (exact) mass is 302 g/mol. The standard InChI is InChI=1S/C16H22N4O2/c1-12-3-4-13(2)14(11-12)18-7-9-19(10-8-18)16(22)20-6-5-17-15(20)21/h3-4,11H,5-10H2,1-2H3,(H,17,21). The molecule has 0 aromatic heterocycles. The van der Waals surface area contributed by atoms with Gasteiger partial charge in [-0.15, -0.1) is 0 Å². The number of piperazine rings is 1. The van der Waals surface area contributed by atoms with Gasteiger partial charge in [0.15, 0.2) is 0 Å². The molecule has 4 amide bonds. The van der Waals surface area contributed by atoms with Crippen LogP contribution in [0.3, 0.4) is 0 Å². The van der Waals surface area contributed by atoms with Crippen LogP contribution >= 0.6 is 0 Å². The van der Waals surface area contributed by atoms with Crippen LogP contribution in [0.15, 0.2) is 18.2 Å². The highest BCUT2D eigenvalue weighted by Gasteiger charge is 2.31. The number of anilines is 1. The average Bonchev–Trinajstić information content (AvgIpc) is 2.95. The lowest BCUT2D eigenvalue weighted by atomic mass is 10.1. The molecule has 0 spiro atoms. The summed E-state index contributed by atoms with van der Waals surface area (Å²) < 4.78 is 0. The van der Waals surface area contributed by atoms with Crippen molar-refractivity contribution in [3.05, 3.63) is 29.3 Å². The molecular formula is C16H22N4O2. The van der Waals surface area contributed by atoms with Gasteiger partial charge in [0.25, 0.3) is 0 Å². The molecule has 1 aromatic rings. The van der Waals surface area contributed by atoms with Gasteiger partial charge in [0.2, 0.25) is 0 Å². The van der Waals surface area contributed by atoms with Crippen molar-refractivity contribution in [2.75, 3.05) is 44.2 Å². The predicted octanol–water partition coefficient (Wildman–Crippen LogP) is 1.57. The number of nitrogens with zero attached hydrogens (tertiary/aromatic N) is 3. The quantitative estimate of drug-likeness (QED) is 0.857. The van der Waals surface area contributed by atoms with Gasteiger partial charge in [0.1, 0.15) is 0 Å². The molecule has 118 valence electrons. The molecule has 2 aliphatic heterocycles. The number of amides is 4. The van der Waals surface area contributed by atoms with E-state index in [0.717, 1.165) is 13.1 Å². The van der Waals surface area contributed by atoms with E-state index in [4.69, 9.17) is 0 Å². The molecule has 0 atom stereocenters. The second-order valence-electron chi connectivity index (χ2n) is 5.93. The largest absolute Gasteiger partial charge is 0.368 e. The van der Waals surface area contributed by atoms with E-state index in [0.29, 0.717) is 26.2 Å². The van der Waals surface area contributed by atoms with Crippen LogP contribution in [-0.4, -0.2) is 61.1 Å². The SMILES string of the molecule is Cc1ccc(C)c(N2CCN(C(=O)N3CCNC3=O)CC2)c1. The van der Waals surface area contributed by atoms with Crippen molar-refractivity contribution in [3.8, 4) is 0 Å². The molecule has 22 heavy (non-hydrogen) atoms. The van der Waals surface area contributed by atoms with Gasteiger partial charge in [-0.2, -0.15) is 0 Å². The first-order valence-corrected chi connectivity index (χ1v) is 7.73. The van der Waals surface area contributed by atoms with Gasteiger partial charge in [-0.3, -0.25) is 0 Å². The maximum absolute atomic E-state index is 12.3. The summed E-state index contributed by atoms with van der Waals surface area (Å²) in [4.78, 5) is 29.3. The summed E-state index contributed by atoms with van der Waals surface area (Å²) in [5.74, 6) is 0. The molecular weight excluding hydrogens is 280 g/mol.